The first kappa shape index (κ1) is 35.2. The lowest BCUT2D eigenvalue weighted by atomic mass is 9.79. The molecule has 1 aliphatic heterocycles. The van der Waals surface area contributed by atoms with Gasteiger partial charge in [-0.05, 0) is 50.1 Å². The predicted molar refractivity (Wildman–Crippen MR) is 176 cm³/mol. The zero-order valence-corrected chi connectivity index (χ0v) is 28.4. The molecule has 13 nitrogen and oxygen atoms in total. The Morgan fingerprint density at radius 3 is 2.52 bits per heavy atom. The standard InChI is InChI=1S/C32H36ClFN7O6P/c1-20(2)45-30(42)21(3)40-48(43,47-23-13-9-6-10-14-23)44-18-24-32(4,15-16-35)26(34)29(46-24)41-19-37-25-27(38-31(33)39-28(25)41)36-17-22-11-7-5-8-12-22/h5-14,19-21,24,26,29H,15,17-18H2,1-4H3,(H,40,43)(H,36,38,39)/t21-,24+,26+,29+,32+,48-/m0/s1. The largest absolute Gasteiger partial charge is 0.462 e. The van der Waals surface area contributed by atoms with Gasteiger partial charge < -0.3 is 19.3 Å². The Balaban J connectivity index is 1.40. The van der Waals surface area contributed by atoms with Crippen LogP contribution in [0.25, 0.3) is 11.2 Å². The molecule has 2 N–H and O–H groups in total. The van der Waals surface area contributed by atoms with E-state index in [9.17, 15) is 14.6 Å². The molecule has 1 saturated heterocycles. The summed E-state index contributed by atoms with van der Waals surface area (Å²) in [5.74, 6) is -0.133. The maximum absolute atomic E-state index is 16.5. The number of alkyl halides is 1. The lowest BCUT2D eigenvalue weighted by Crippen LogP contribution is -2.39. The van der Waals surface area contributed by atoms with Crippen LogP contribution in [-0.4, -0.2) is 56.5 Å². The lowest BCUT2D eigenvalue weighted by Gasteiger charge is -2.30. The van der Waals surface area contributed by atoms with Crippen molar-refractivity contribution in [2.75, 3.05) is 11.9 Å². The molecule has 6 atom stereocenters. The van der Waals surface area contributed by atoms with Crippen LogP contribution in [0.3, 0.4) is 0 Å². The highest BCUT2D eigenvalue weighted by Gasteiger charge is 2.56. The van der Waals surface area contributed by atoms with Crippen molar-refractivity contribution in [1.29, 1.82) is 5.26 Å². The van der Waals surface area contributed by atoms with Crippen LogP contribution in [0.5, 0.6) is 5.75 Å². The molecule has 0 saturated carbocycles. The van der Waals surface area contributed by atoms with Crippen molar-refractivity contribution >= 4 is 42.3 Å². The zero-order valence-electron chi connectivity index (χ0n) is 26.7. The number of para-hydroxylation sites is 1. The number of hydrogen-bond acceptors (Lipinski definition) is 11. The number of nitriles is 1. The van der Waals surface area contributed by atoms with Crippen molar-refractivity contribution in [3.8, 4) is 11.8 Å². The van der Waals surface area contributed by atoms with Crippen LogP contribution in [0.1, 0.15) is 45.9 Å². The van der Waals surface area contributed by atoms with Gasteiger partial charge in [-0.15, -0.1) is 0 Å². The normalized spacial score (nSPS) is 22.6. The van der Waals surface area contributed by atoms with Crippen molar-refractivity contribution in [3.05, 3.63) is 77.8 Å². The van der Waals surface area contributed by atoms with Gasteiger partial charge in [-0.2, -0.15) is 20.3 Å². The molecule has 3 heterocycles. The van der Waals surface area contributed by atoms with Crippen molar-refractivity contribution in [2.45, 2.75) is 71.3 Å². The molecule has 2 aromatic carbocycles. The molecule has 1 fully saturated rings. The summed E-state index contributed by atoms with van der Waals surface area (Å²) >= 11 is 6.28. The van der Waals surface area contributed by atoms with Crippen LogP contribution >= 0.6 is 19.3 Å². The first-order valence-electron chi connectivity index (χ1n) is 15.2. The summed E-state index contributed by atoms with van der Waals surface area (Å²) in [6.45, 7) is 6.32. The number of halogens is 2. The van der Waals surface area contributed by atoms with Crippen molar-refractivity contribution in [2.24, 2.45) is 5.41 Å². The molecule has 48 heavy (non-hydrogen) atoms. The van der Waals surface area contributed by atoms with Crippen molar-refractivity contribution < 1.29 is 32.3 Å². The molecule has 1 aliphatic rings. The molecule has 0 spiro atoms. The van der Waals surface area contributed by atoms with Crippen LogP contribution in [0.4, 0.5) is 10.2 Å². The maximum atomic E-state index is 16.5. The minimum Gasteiger partial charge on any atom is -0.462 e. The van der Waals surface area contributed by atoms with Gasteiger partial charge in [0.25, 0.3) is 0 Å². The smallest absolute Gasteiger partial charge is 0.459 e. The van der Waals surface area contributed by atoms with Crippen molar-refractivity contribution in [1.82, 2.24) is 24.6 Å². The SMILES string of the molecule is CC(C)OC(=O)[C@H](C)N[P@](=O)(OC[C@H]1O[C@@H](n2cnc3c(NCc4ccccc4)nc(Cl)nc32)[C@@H](F)[C@]1(C)CC#N)Oc1ccccc1. The minimum atomic E-state index is -4.31. The van der Waals surface area contributed by atoms with Crippen LogP contribution < -0.4 is 14.9 Å². The molecule has 0 aliphatic carbocycles. The van der Waals surface area contributed by atoms with Gasteiger partial charge in [0.2, 0.25) is 5.28 Å². The molecule has 16 heteroatoms. The molecule has 2 aromatic heterocycles. The summed E-state index contributed by atoms with van der Waals surface area (Å²) in [4.78, 5) is 25.6. The van der Waals surface area contributed by atoms with E-state index < -0.39 is 56.4 Å². The molecule has 0 amide bonds. The fourth-order valence-electron chi connectivity index (χ4n) is 5.20. The van der Waals surface area contributed by atoms with E-state index in [0.717, 1.165) is 5.56 Å². The number of rotatable bonds is 14. The molecule has 254 valence electrons. The number of nitrogens with one attached hydrogen (secondary N) is 2. The quantitative estimate of drug-likeness (QED) is 0.0850. The predicted octanol–water partition coefficient (Wildman–Crippen LogP) is 6.38. The summed E-state index contributed by atoms with van der Waals surface area (Å²) in [6, 6.07) is 18.8. The van der Waals surface area contributed by atoms with Crippen molar-refractivity contribution in [3.63, 3.8) is 0 Å². The fourth-order valence-corrected chi connectivity index (χ4v) is 6.85. The number of hydrogen-bond donors (Lipinski definition) is 2. The molecule has 0 radical (unpaired) electrons. The van der Waals surface area contributed by atoms with E-state index in [2.05, 4.69) is 25.4 Å². The average molecular weight is 700 g/mol. The first-order chi connectivity index (χ1) is 22.9. The summed E-state index contributed by atoms with van der Waals surface area (Å²) < 4.78 is 55.0. The minimum absolute atomic E-state index is 0.0944. The summed E-state index contributed by atoms with van der Waals surface area (Å²) in [6.07, 6.45) is -3.49. The number of nitrogens with zero attached hydrogens (tertiary/aromatic N) is 5. The highest BCUT2D eigenvalue weighted by atomic mass is 35.5. The molecular formula is C32H36ClFN7O6P. The number of imidazole rings is 1. The third kappa shape index (κ3) is 7.94. The topological polar surface area (TPSA) is 163 Å². The molecule has 0 unspecified atom stereocenters. The van der Waals surface area contributed by atoms with Gasteiger partial charge in [0, 0.05) is 18.4 Å². The Labute approximate surface area is 282 Å². The third-order valence-electron chi connectivity index (χ3n) is 7.77. The number of carbonyl (C=O) groups is 1. The van der Waals surface area contributed by atoms with Gasteiger partial charge in [0.1, 0.15) is 11.8 Å². The van der Waals surface area contributed by atoms with Crippen LogP contribution in [0.2, 0.25) is 5.28 Å². The number of fused-ring (bicyclic) bond motifs is 1. The van der Waals surface area contributed by atoms with E-state index in [1.165, 1.54) is 17.8 Å². The number of aromatic nitrogens is 4. The number of anilines is 1. The second kappa shape index (κ2) is 15.0. The molecule has 4 aromatic rings. The van der Waals surface area contributed by atoms with Gasteiger partial charge in [-0.1, -0.05) is 55.5 Å². The molecule has 0 bridgehead atoms. The van der Waals surface area contributed by atoms with E-state index in [4.69, 9.17) is 30.1 Å². The maximum Gasteiger partial charge on any atom is 0.459 e. The van der Waals surface area contributed by atoms with Crippen LogP contribution in [0, 0.1) is 16.7 Å². The highest BCUT2D eigenvalue weighted by Crippen LogP contribution is 2.51. The van der Waals surface area contributed by atoms with Gasteiger partial charge in [0.05, 0.1) is 31.2 Å². The van der Waals surface area contributed by atoms with Crippen LogP contribution in [0.15, 0.2) is 67.0 Å². The summed E-state index contributed by atoms with van der Waals surface area (Å²) in [5, 5.41) is 15.4. The molecule has 5 rings (SSSR count). The third-order valence-corrected chi connectivity index (χ3v) is 9.59. The van der Waals surface area contributed by atoms with Gasteiger partial charge in [-0.25, -0.2) is 13.9 Å². The van der Waals surface area contributed by atoms with Crippen LogP contribution in [-0.2, 0) is 29.9 Å². The fraction of sp³-hybridized carbons (Fsp3) is 0.406. The monoisotopic (exact) mass is 699 g/mol. The first-order valence-corrected chi connectivity index (χ1v) is 17.2. The number of esters is 1. The van der Waals surface area contributed by atoms with E-state index in [0.29, 0.717) is 17.9 Å². The summed E-state index contributed by atoms with van der Waals surface area (Å²) in [7, 11) is -4.31. The van der Waals surface area contributed by atoms with E-state index in [-0.39, 0.29) is 23.1 Å². The average Bonchev–Trinajstić information content (AvgIpc) is 3.57. The van der Waals surface area contributed by atoms with E-state index >= 15 is 4.39 Å². The number of carbonyl (C=O) groups excluding carboxylic acids is 1. The Bertz CT molecular complexity index is 1810. The zero-order chi connectivity index (χ0) is 34.5. The number of ether oxygens (including phenoxy) is 2. The van der Waals surface area contributed by atoms with Gasteiger partial charge >= 0.3 is 13.7 Å². The second-order valence-electron chi connectivity index (χ2n) is 11.8. The van der Waals surface area contributed by atoms with Gasteiger partial charge in [0.15, 0.2) is 29.4 Å². The Hall–Kier alpha value is -4.12. The van der Waals surface area contributed by atoms with E-state index in [1.54, 1.807) is 51.1 Å². The Kier molecular flexibility index (Phi) is 11.0. The second-order valence-corrected chi connectivity index (χ2v) is 13.8. The Morgan fingerprint density at radius 1 is 1.17 bits per heavy atom. The van der Waals surface area contributed by atoms with E-state index in [1.807, 2.05) is 36.4 Å². The summed E-state index contributed by atoms with van der Waals surface area (Å²) in [5.41, 5.74) is 0.101. The Morgan fingerprint density at radius 2 is 1.85 bits per heavy atom. The molecular weight excluding hydrogens is 664 g/mol. The lowest BCUT2D eigenvalue weighted by molar-refractivity contribution is -0.149. The van der Waals surface area contributed by atoms with Gasteiger partial charge in [-0.3, -0.25) is 13.9 Å². The highest BCUT2D eigenvalue weighted by molar-refractivity contribution is 7.52. The number of benzene rings is 2.